The number of ether oxygens (including phenoxy) is 2. The minimum absolute atomic E-state index is 0.255. The molecule has 0 amide bonds. The third-order valence-electron chi connectivity index (χ3n) is 2.31. The number of primary sulfonamides is 1. The van der Waals surface area contributed by atoms with Gasteiger partial charge in [0.15, 0.2) is 6.10 Å². The molecular weight excluding hydrogens is 291 g/mol. The number of hydrogen-bond acceptors (Lipinski definition) is 6. The fourth-order valence-corrected chi connectivity index (χ4v) is 2.25. The van der Waals surface area contributed by atoms with E-state index < -0.39 is 28.3 Å². The number of sulfonamides is 1. The summed E-state index contributed by atoms with van der Waals surface area (Å²) in [6, 6.07) is 2.50. The maximum Gasteiger partial charge on any atom is 0.332 e. The van der Waals surface area contributed by atoms with E-state index in [-0.39, 0.29) is 17.2 Å². The number of carbonyl (C=O) groups is 1. The van der Waals surface area contributed by atoms with Gasteiger partial charge in [0.05, 0.1) is 0 Å². The topological polar surface area (TPSA) is 109 Å². The number of methoxy groups -OCH3 is 1. The van der Waals surface area contributed by atoms with Crippen molar-refractivity contribution in [2.24, 2.45) is 5.14 Å². The zero-order valence-corrected chi connectivity index (χ0v) is 11.8. The van der Waals surface area contributed by atoms with Crippen LogP contribution in [0.25, 0.3) is 0 Å². The van der Waals surface area contributed by atoms with Gasteiger partial charge in [-0.2, -0.15) is 0 Å². The lowest BCUT2D eigenvalue weighted by Gasteiger charge is -2.20. The predicted molar refractivity (Wildman–Crippen MR) is 66.9 cm³/mol. The monoisotopic (exact) mass is 306 g/mol. The molecule has 0 spiro atoms. The normalized spacial score (nSPS) is 14.6. The molecule has 0 aromatic carbocycles. The van der Waals surface area contributed by atoms with Gasteiger partial charge in [-0.25, -0.2) is 22.7 Å². The van der Waals surface area contributed by atoms with Gasteiger partial charge < -0.3 is 9.47 Å². The Labute approximate surface area is 115 Å². The smallest absolute Gasteiger partial charge is 0.332 e. The molecule has 0 unspecified atom stereocenters. The summed E-state index contributed by atoms with van der Waals surface area (Å²) in [5.74, 6) is -0.840. The molecule has 9 heteroatoms. The van der Waals surface area contributed by atoms with Crippen LogP contribution in [0.3, 0.4) is 0 Å². The summed E-state index contributed by atoms with van der Waals surface area (Å²) in [5, 5.41) is 5.03. The Balaban J connectivity index is 3.20. The first-order chi connectivity index (χ1) is 9.27. The third-order valence-corrected chi connectivity index (χ3v) is 3.27. The average molecular weight is 306 g/mol. The van der Waals surface area contributed by atoms with E-state index in [1.807, 2.05) is 0 Å². The molecule has 0 saturated heterocycles. The highest BCUT2D eigenvalue weighted by Gasteiger charge is 2.30. The van der Waals surface area contributed by atoms with Gasteiger partial charge in [0.25, 0.3) is 0 Å². The Kier molecular flexibility index (Phi) is 5.54. The van der Waals surface area contributed by atoms with Gasteiger partial charge in [0.2, 0.25) is 10.0 Å². The maximum atomic E-state index is 13.6. The van der Waals surface area contributed by atoms with Crippen LogP contribution >= 0.6 is 0 Å². The minimum Gasteiger partial charge on any atom is -0.451 e. The van der Waals surface area contributed by atoms with Crippen molar-refractivity contribution in [3.8, 4) is 0 Å². The Morgan fingerprint density at radius 3 is 2.70 bits per heavy atom. The first kappa shape index (κ1) is 16.5. The van der Waals surface area contributed by atoms with Gasteiger partial charge in [0, 0.05) is 13.3 Å². The number of rotatable bonds is 6. The molecule has 2 atom stereocenters. The fraction of sp³-hybridized carbons (Fsp3) is 0.455. The number of nitrogens with zero attached hydrogens (tertiary/aromatic N) is 1. The van der Waals surface area contributed by atoms with E-state index in [9.17, 15) is 17.6 Å². The largest absolute Gasteiger partial charge is 0.451 e. The molecule has 0 saturated carbocycles. The van der Waals surface area contributed by atoms with Gasteiger partial charge in [-0.05, 0) is 19.1 Å². The lowest BCUT2D eigenvalue weighted by atomic mass is 10.1. The molecule has 20 heavy (non-hydrogen) atoms. The van der Waals surface area contributed by atoms with Crippen molar-refractivity contribution in [2.75, 3.05) is 13.7 Å². The zero-order valence-electron chi connectivity index (χ0n) is 10.9. The summed E-state index contributed by atoms with van der Waals surface area (Å²) >= 11 is 0. The van der Waals surface area contributed by atoms with Crippen LogP contribution < -0.4 is 5.14 Å². The van der Waals surface area contributed by atoms with Crippen LogP contribution in [0.2, 0.25) is 0 Å². The summed E-state index contributed by atoms with van der Waals surface area (Å²) < 4.78 is 45.9. The number of nitrogens with two attached hydrogens (primary N) is 1. The number of hydrogen-bond donors (Lipinski definition) is 1. The molecule has 112 valence electrons. The summed E-state index contributed by atoms with van der Waals surface area (Å²) in [6.45, 7) is 0.729. The summed E-state index contributed by atoms with van der Waals surface area (Å²) in [4.78, 5) is 14.7. The van der Waals surface area contributed by atoms with Crippen molar-refractivity contribution >= 4 is 16.0 Å². The van der Waals surface area contributed by atoms with Crippen molar-refractivity contribution in [3.63, 3.8) is 0 Å². The Hall–Kier alpha value is -1.58. The number of pyridine rings is 1. The van der Waals surface area contributed by atoms with Gasteiger partial charge >= 0.3 is 5.97 Å². The van der Waals surface area contributed by atoms with Crippen LogP contribution in [0.1, 0.15) is 18.7 Å². The van der Waals surface area contributed by atoms with Crippen molar-refractivity contribution in [1.29, 1.82) is 0 Å². The fourth-order valence-electron chi connectivity index (χ4n) is 1.52. The molecule has 0 bridgehead atoms. The van der Waals surface area contributed by atoms with Crippen LogP contribution in [0, 0.1) is 0 Å². The summed E-state index contributed by atoms with van der Waals surface area (Å²) in [6.07, 6.45) is -1.90. The average Bonchev–Trinajstić information content (AvgIpc) is 2.35. The second-order valence-corrected chi connectivity index (χ2v) is 5.48. The van der Waals surface area contributed by atoms with E-state index in [4.69, 9.17) is 9.88 Å². The van der Waals surface area contributed by atoms with Crippen LogP contribution in [-0.2, 0) is 24.3 Å². The Bertz CT molecular complexity index is 576. The number of esters is 1. The molecule has 0 aliphatic rings. The molecule has 0 aliphatic heterocycles. The van der Waals surface area contributed by atoms with E-state index >= 15 is 0 Å². The zero-order chi connectivity index (χ0) is 15.3. The van der Waals surface area contributed by atoms with Crippen molar-refractivity contribution in [2.45, 2.75) is 24.1 Å². The van der Waals surface area contributed by atoms with Crippen molar-refractivity contribution in [1.82, 2.24) is 4.98 Å². The molecule has 0 radical (unpaired) electrons. The molecule has 7 nitrogen and oxygen atoms in total. The van der Waals surface area contributed by atoms with Crippen LogP contribution in [0.4, 0.5) is 4.39 Å². The molecule has 1 aromatic heterocycles. The van der Waals surface area contributed by atoms with Gasteiger partial charge in [-0.3, -0.25) is 4.98 Å². The SMILES string of the molecule is COCC(=O)O[C@H](c1ncccc1S(N)(=O)=O)[C@H](C)F. The molecule has 1 aromatic rings. The lowest BCUT2D eigenvalue weighted by molar-refractivity contribution is -0.157. The number of halogens is 1. The highest BCUT2D eigenvalue weighted by Crippen LogP contribution is 2.27. The van der Waals surface area contributed by atoms with Crippen LogP contribution in [0.15, 0.2) is 23.2 Å². The Morgan fingerprint density at radius 2 is 2.20 bits per heavy atom. The second kappa shape index (κ2) is 6.73. The highest BCUT2D eigenvalue weighted by molar-refractivity contribution is 7.89. The van der Waals surface area contributed by atoms with Crippen LogP contribution in [0.5, 0.6) is 0 Å². The van der Waals surface area contributed by atoms with E-state index in [0.717, 1.165) is 13.0 Å². The summed E-state index contributed by atoms with van der Waals surface area (Å²) in [5.41, 5.74) is -0.255. The quantitative estimate of drug-likeness (QED) is 0.758. The number of carbonyl (C=O) groups excluding carboxylic acids is 1. The standard InChI is InChI=1S/C11H15FN2O5S/c1-7(12)11(19-9(15)6-18-2)10-8(20(13,16)17)4-3-5-14-10/h3-5,7,11H,6H2,1-2H3,(H2,13,16,17)/t7-,11-/m0/s1. The predicted octanol–water partition coefficient (Wildman–Crippen LogP) is 0.318. The van der Waals surface area contributed by atoms with Crippen molar-refractivity contribution < 1.29 is 27.1 Å². The van der Waals surface area contributed by atoms with Gasteiger partial charge in [-0.1, -0.05) is 0 Å². The first-order valence-corrected chi connectivity index (χ1v) is 7.12. The molecule has 1 heterocycles. The second-order valence-electron chi connectivity index (χ2n) is 3.95. The number of alkyl halides is 1. The number of aromatic nitrogens is 1. The van der Waals surface area contributed by atoms with E-state index in [0.29, 0.717) is 0 Å². The van der Waals surface area contributed by atoms with Crippen molar-refractivity contribution in [3.05, 3.63) is 24.0 Å². The van der Waals surface area contributed by atoms with E-state index in [1.165, 1.54) is 19.4 Å². The van der Waals surface area contributed by atoms with Gasteiger partial charge in [-0.15, -0.1) is 0 Å². The van der Waals surface area contributed by atoms with Gasteiger partial charge in [0.1, 0.15) is 23.4 Å². The molecule has 0 fully saturated rings. The van der Waals surface area contributed by atoms with Crippen LogP contribution in [-0.4, -0.2) is 39.3 Å². The molecule has 2 N–H and O–H groups in total. The minimum atomic E-state index is -4.11. The Morgan fingerprint density at radius 1 is 1.55 bits per heavy atom. The third kappa shape index (κ3) is 4.22. The molecule has 1 rings (SSSR count). The molecular formula is C11H15FN2O5S. The highest BCUT2D eigenvalue weighted by atomic mass is 32.2. The maximum absolute atomic E-state index is 13.6. The van der Waals surface area contributed by atoms with E-state index in [1.54, 1.807) is 0 Å². The summed E-state index contributed by atoms with van der Waals surface area (Å²) in [7, 11) is -2.84. The first-order valence-electron chi connectivity index (χ1n) is 5.57. The molecule has 0 aliphatic carbocycles. The van der Waals surface area contributed by atoms with E-state index in [2.05, 4.69) is 9.72 Å². The lowest BCUT2D eigenvalue weighted by Crippen LogP contribution is -2.25.